The lowest BCUT2D eigenvalue weighted by atomic mass is 9.89. The molecule has 5 heteroatoms. The van der Waals surface area contributed by atoms with Crippen LogP contribution in [0, 0.1) is 5.92 Å². The molecule has 1 aromatic rings. The summed E-state index contributed by atoms with van der Waals surface area (Å²) in [5, 5.41) is 6.25. The van der Waals surface area contributed by atoms with E-state index in [0.29, 0.717) is 5.11 Å². The molecule has 1 fully saturated rings. The molecule has 25 heavy (non-hydrogen) atoms. The van der Waals surface area contributed by atoms with Gasteiger partial charge in [-0.05, 0) is 55.7 Å². The fourth-order valence-electron chi connectivity index (χ4n) is 3.09. The van der Waals surface area contributed by atoms with Crippen molar-refractivity contribution in [2.75, 3.05) is 11.9 Å². The van der Waals surface area contributed by atoms with Crippen LogP contribution in [0.1, 0.15) is 64.7 Å². The van der Waals surface area contributed by atoms with E-state index >= 15 is 0 Å². The van der Waals surface area contributed by atoms with E-state index in [9.17, 15) is 4.79 Å². The first kappa shape index (κ1) is 19.7. The van der Waals surface area contributed by atoms with Crippen molar-refractivity contribution in [3.63, 3.8) is 0 Å². The summed E-state index contributed by atoms with van der Waals surface area (Å²) in [5.74, 6) is 1.01. The first-order valence-electron chi connectivity index (χ1n) is 9.53. The fourth-order valence-corrected chi connectivity index (χ4v) is 3.31. The van der Waals surface area contributed by atoms with Gasteiger partial charge in [-0.25, -0.2) is 0 Å². The van der Waals surface area contributed by atoms with Gasteiger partial charge in [-0.1, -0.05) is 45.4 Å². The third-order valence-electron chi connectivity index (χ3n) is 4.59. The molecule has 1 saturated carbocycles. The van der Waals surface area contributed by atoms with Gasteiger partial charge in [0.2, 0.25) is 5.91 Å². The van der Waals surface area contributed by atoms with Crippen LogP contribution in [0.3, 0.4) is 0 Å². The highest BCUT2D eigenvalue weighted by atomic mass is 32.1. The minimum atomic E-state index is 0.0456. The molecule has 1 aliphatic rings. The third kappa shape index (κ3) is 7.43. The van der Waals surface area contributed by atoms with Crippen molar-refractivity contribution in [1.82, 2.24) is 5.32 Å². The number of thiocarbonyl (C=S) groups is 1. The standard InChI is InChI=1S/C20H30N2O2S/c1-2-3-4-8-15-24-18-13-11-17(12-14-18)21-20(25)22-19(23)16-9-6-5-7-10-16/h11-14,16H,2-10,15H2,1H3,(H2,21,22,23,25). The number of ether oxygens (including phenoxy) is 1. The number of amides is 1. The topological polar surface area (TPSA) is 50.4 Å². The van der Waals surface area contributed by atoms with Gasteiger partial charge in [-0.3, -0.25) is 4.79 Å². The maximum Gasteiger partial charge on any atom is 0.229 e. The van der Waals surface area contributed by atoms with Crippen LogP contribution in [0.4, 0.5) is 5.69 Å². The predicted octanol–water partition coefficient (Wildman–Crippen LogP) is 5.04. The molecule has 0 bridgehead atoms. The number of hydrogen-bond acceptors (Lipinski definition) is 3. The smallest absolute Gasteiger partial charge is 0.229 e. The Labute approximate surface area is 156 Å². The second-order valence-corrected chi connectivity index (χ2v) is 7.12. The quantitative estimate of drug-likeness (QED) is 0.502. The van der Waals surface area contributed by atoms with Gasteiger partial charge < -0.3 is 15.4 Å². The summed E-state index contributed by atoms with van der Waals surface area (Å²) in [4.78, 5) is 12.2. The first-order chi connectivity index (χ1) is 12.2. The molecule has 1 aliphatic carbocycles. The minimum absolute atomic E-state index is 0.0456. The van der Waals surface area contributed by atoms with Crippen LogP contribution in [0.15, 0.2) is 24.3 Å². The molecule has 1 aromatic carbocycles. The van der Waals surface area contributed by atoms with E-state index < -0.39 is 0 Å². The van der Waals surface area contributed by atoms with Crippen LogP contribution in [0.25, 0.3) is 0 Å². The van der Waals surface area contributed by atoms with E-state index in [1.54, 1.807) is 0 Å². The van der Waals surface area contributed by atoms with Gasteiger partial charge in [0.25, 0.3) is 0 Å². The molecule has 0 unspecified atom stereocenters. The average Bonchev–Trinajstić information content (AvgIpc) is 2.63. The van der Waals surface area contributed by atoms with Crippen LogP contribution in [0.2, 0.25) is 0 Å². The third-order valence-corrected chi connectivity index (χ3v) is 4.80. The molecule has 2 N–H and O–H groups in total. The number of rotatable bonds is 8. The van der Waals surface area contributed by atoms with Gasteiger partial charge in [0.1, 0.15) is 5.75 Å². The van der Waals surface area contributed by atoms with E-state index in [1.807, 2.05) is 24.3 Å². The highest BCUT2D eigenvalue weighted by molar-refractivity contribution is 7.80. The molecule has 0 radical (unpaired) electrons. The second kappa shape index (κ2) is 11.1. The van der Waals surface area contributed by atoms with Gasteiger partial charge in [0.15, 0.2) is 5.11 Å². The Morgan fingerprint density at radius 2 is 1.84 bits per heavy atom. The fraction of sp³-hybridized carbons (Fsp3) is 0.600. The monoisotopic (exact) mass is 362 g/mol. The summed E-state index contributed by atoms with van der Waals surface area (Å²) in [7, 11) is 0. The Morgan fingerprint density at radius 3 is 2.52 bits per heavy atom. The Hall–Kier alpha value is -1.62. The summed E-state index contributed by atoms with van der Waals surface area (Å²) in [6.07, 6.45) is 10.2. The van der Waals surface area contributed by atoms with Crippen LogP contribution < -0.4 is 15.4 Å². The number of nitrogens with one attached hydrogen (secondary N) is 2. The number of hydrogen-bond donors (Lipinski definition) is 2. The number of carbonyl (C=O) groups is 1. The van der Waals surface area contributed by atoms with Crippen LogP contribution >= 0.6 is 12.2 Å². The summed E-state index contributed by atoms with van der Waals surface area (Å²) < 4.78 is 5.73. The molecular formula is C20H30N2O2S. The summed E-state index contributed by atoms with van der Waals surface area (Å²) in [5.41, 5.74) is 0.854. The average molecular weight is 363 g/mol. The van der Waals surface area contributed by atoms with Crippen molar-refractivity contribution < 1.29 is 9.53 Å². The molecule has 1 amide bonds. The number of anilines is 1. The Morgan fingerprint density at radius 1 is 1.12 bits per heavy atom. The van der Waals surface area contributed by atoms with E-state index in [2.05, 4.69) is 17.6 Å². The lowest BCUT2D eigenvalue weighted by molar-refractivity contribution is -0.124. The SMILES string of the molecule is CCCCCCOc1ccc(NC(=S)NC(=O)C2CCCCC2)cc1. The molecule has 2 rings (SSSR count). The lowest BCUT2D eigenvalue weighted by Gasteiger charge is -2.21. The van der Waals surface area contributed by atoms with E-state index in [0.717, 1.165) is 50.1 Å². The zero-order chi connectivity index (χ0) is 17.9. The second-order valence-electron chi connectivity index (χ2n) is 6.71. The zero-order valence-electron chi connectivity index (χ0n) is 15.2. The maximum atomic E-state index is 12.2. The molecule has 0 aromatic heterocycles. The molecule has 0 atom stereocenters. The van der Waals surface area contributed by atoms with Gasteiger partial charge in [-0.2, -0.15) is 0 Å². The summed E-state index contributed by atoms with van der Waals surface area (Å²) in [6.45, 7) is 2.96. The largest absolute Gasteiger partial charge is 0.494 e. The molecule has 138 valence electrons. The predicted molar refractivity (Wildman–Crippen MR) is 107 cm³/mol. The number of benzene rings is 1. The van der Waals surface area contributed by atoms with Gasteiger partial charge in [-0.15, -0.1) is 0 Å². The molecule has 0 spiro atoms. The molecule has 4 nitrogen and oxygen atoms in total. The van der Waals surface area contributed by atoms with Crippen molar-refractivity contribution >= 4 is 28.9 Å². The van der Waals surface area contributed by atoms with E-state index in [4.69, 9.17) is 17.0 Å². The zero-order valence-corrected chi connectivity index (χ0v) is 16.0. The van der Waals surface area contributed by atoms with Gasteiger partial charge >= 0.3 is 0 Å². The molecular weight excluding hydrogens is 332 g/mol. The molecule has 0 heterocycles. The van der Waals surface area contributed by atoms with Crippen LogP contribution in [-0.2, 0) is 4.79 Å². The summed E-state index contributed by atoms with van der Waals surface area (Å²) >= 11 is 5.25. The van der Waals surface area contributed by atoms with Crippen LogP contribution in [-0.4, -0.2) is 17.6 Å². The van der Waals surface area contributed by atoms with Crippen molar-refractivity contribution in [3.8, 4) is 5.75 Å². The summed E-state index contributed by atoms with van der Waals surface area (Å²) in [6, 6.07) is 7.68. The van der Waals surface area contributed by atoms with E-state index in [-0.39, 0.29) is 11.8 Å². The minimum Gasteiger partial charge on any atom is -0.494 e. The lowest BCUT2D eigenvalue weighted by Crippen LogP contribution is -2.38. The Kier molecular flexibility index (Phi) is 8.73. The van der Waals surface area contributed by atoms with Crippen molar-refractivity contribution in [1.29, 1.82) is 0 Å². The first-order valence-corrected chi connectivity index (χ1v) is 9.94. The number of unbranched alkanes of at least 4 members (excludes halogenated alkanes) is 3. The highest BCUT2D eigenvalue weighted by Crippen LogP contribution is 2.23. The molecule has 0 aliphatic heterocycles. The molecule has 0 saturated heterocycles. The maximum absolute atomic E-state index is 12.2. The van der Waals surface area contributed by atoms with E-state index in [1.165, 1.54) is 25.7 Å². The van der Waals surface area contributed by atoms with Crippen LogP contribution in [0.5, 0.6) is 5.75 Å². The van der Waals surface area contributed by atoms with Gasteiger partial charge in [0.05, 0.1) is 6.61 Å². The Balaban J connectivity index is 1.70. The highest BCUT2D eigenvalue weighted by Gasteiger charge is 2.21. The van der Waals surface area contributed by atoms with Gasteiger partial charge in [0, 0.05) is 11.6 Å². The van der Waals surface area contributed by atoms with Crippen molar-refractivity contribution in [3.05, 3.63) is 24.3 Å². The van der Waals surface area contributed by atoms with Crippen molar-refractivity contribution in [2.45, 2.75) is 64.7 Å². The Bertz CT molecular complexity index is 539. The normalized spacial score (nSPS) is 14.8. The number of carbonyl (C=O) groups excluding carboxylic acids is 1. The van der Waals surface area contributed by atoms with Crippen molar-refractivity contribution in [2.24, 2.45) is 5.92 Å².